The second kappa shape index (κ2) is 4.44. The van der Waals surface area contributed by atoms with Gasteiger partial charge in [-0.05, 0) is 32.1 Å². The molecule has 1 fully saturated rings. The largest absolute Gasteiger partial charge is 0.299 e. The minimum absolute atomic E-state index is 0.216. The average Bonchev–Trinajstić information content (AvgIpc) is 2.35. The molecule has 2 unspecified atom stereocenters. The monoisotopic (exact) mass is 165 g/mol. The van der Waals surface area contributed by atoms with Gasteiger partial charge in [0.2, 0.25) is 0 Å². The van der Waals surface area contributed by atoms with E-state index in [1.807, 2.05) is 0 Å². The Morgan fingerprint density at radius 3 is 2.83 bits per heavy atom. The molecule has 0 aromatic rings. The highest BCUT2D eigenvalue weighted by molar-refractivity contribution is 5.83. The molecular formula is C11H17O. The SMILES string of the molecule is [CH2]C1CCC(=O)C1CC=CCC. The summed E-state index contributed by atoms with van der Waals surface area (Å²) < 4.78 is 0. The average molecular weight is 165 g/mol. The molecule has 1 saturated carbocycles. The van der Waals surface area contributed by atoms with Crippen LogP contribution in [0.3, 0.4) is 0 Å². The Hall–Kier alpha value is -0.590. The van der Waals surface area contributed by atoms with E-state index in [1.165, 1.54) is 0 Å². The summed E-state index contributed by atoms with van der Waals surface area (Å²) >= 11 is 0. The normalized spacial score (nSPS) is 30.3. The van der Waals surface area contributed by atoms with E-state index in [0.29, 0.717) is 11.7 Å². The van der Waals surface area contributed by atoms with Gasteiger partial charge in [0.15, 0.2) is 0 Å². The number of allylic oxidation sites excluding steroid dienone is 2. The molecule has 2 atom stereocenters. The van der Waals surface area contributed by atoms with Gasteiger partial charge in [0.05, 0.1) is 0 Å². The van der Waals surface area contributed by atoms with Crippen LogP contribution in [-0.4, -0.2) is 5.78 Å². The van der Waals surface area contributed by atoms with Gasteiger partial charge < -0.3 is 0 Å². The van der Waals surface area contributed by atoms with Crippen molar-refractivity contribution in [2.24, 2.45) is 11.8 Å². The number of Topliss-reactive ketones (excluding diaryl/α,β-unsaturated/α-hetero) is 1. The maximum atomic E-state index is 11.3. The Kier molecular flexibility index (Phi) is 3.51. The molecule has 1 aliphatic rings. The second-order valence-electron chi connectivity index (χ2n) is 3.49. The number of hydrogen-bond acceptors (Lipinski definition) is 1. The molecule has 0 heterocycles. The maximum Gasteiger partial charge on any atom is 0.136 e. The second-order valence-corrected chi connectivity index (χ2v) is 3.49. The molecule has 0 aromatic heterocycles. The molecule has 67 valence electrons. The number of hydrogen-bond donors (Lipinski definition) is 0. The van der Waals surface area contributed by atoms with Gasteiger partial charge in [0, 0.05) is 12.3 Å². The van der Waals surface area contributed by atoms with Crippen LogP contribution in [-0.2, 0) is 4.79 Å². The Bertz CT molecular complexity index is 181. The van der Waals surface area contributed by atoms with Crippen LogP contribution in [0.15, 0.2) is 12.2 Å². The van der Waals surface area contributed by atoms with Crippen molar-refractivity contribution in [2.75, 3.05) is 0 Å². The summed E-state index contributed by atoms with van der Waals surface area (Å²) in [5.41, 5.74) is 0. The number of ketones is 1. The Labute approximate surface area is 74.9 Å². The third kappa shape index (κ3) is 2.20. The third-order valence-corrected chi connectivity index (χ3v) is 2.54. The molecule has 1 aliphatic carbocycles. The molecule has 0 spiro atoms. The van der Waals surface area contributed by atoms with Gasteiger partial charge in [0.1, 0.15) is 5.78 Å². The molecule has 0 bridgehead atoms. The van der Waals surface area contributed by atoms with Gasteiger partial charge in [-0.2, -0.15) is 0 Å². The number of carbonyl (C=O) groups excluding carboxylic acids is 1. The first-order valence-corrected chi connectivity index (χ1v) is 4.76. The van der Waals surface area contributed by atoms with Crippen LogP contribution in [0, 0.1) is 18.8 Å². The predicted octanol–water partition coefficient (Wildman–Crippen LogP) is 2.77. The highest BCUT2D eigenvalue weighted by Crippen LogP contribution is 2.30. The lowest BCUT2D eigenvalue weighted by Crippen LogP contribution is -2.11. The van der Waals surface area contributed by atoms with Crippen LogP contribution < -0.4 is 0 Å². The zero-order valence-corrected chi connectivity index (χ0v) is 7.75. The molecule has 1 nitrogen and oxygen atoms in total. The summed E-state index contributed by atoms with van der Waals surface area (Å²) in [6.45, 7) is 6.10. The quantitative estimate of drug-likeness (QED) is 0.588. The molecule has 12 heavy (non-hydrogen) atoms. The van der Waals surface area contributed by atoms with Crippen molar-refractivity contribution in [1.82, 2.24) is 0 Å². The highest BCUT2D eigenvalue weighted by Gasteiger charge is 2.29. The van der Waals surface area contributed by atoms with Crippen molar-refractivity contribution in [1.29, 1.82) is 0 Å². The molecule has 0 aromatic carbocycles. The van der Waals surface area contributed by atoms with E-state index in [9.17, 15) is 4.79 Å². The van der Waals surface area contributed by atoms with E-state index in [-0.39, 0.29) is 5.92 Å². The van der Waals surface area contributed by atoms with E-state index >= 15 is 0 Å². The first-order valence-electron chi connectivity index (χ1n) is 4.76. The number of carbonyl (C=O) groups is 1. The van der Waals surface area contributed by atoms with Crippen molar-refractivity contribution >= 4 is 5.78 Å². The molecule has 1 rings (SSSR count). The fraction of sp³-hybridized carbons (Fsp3) is 0.636. The van der Waals surface area contributed by atoms with Crippen LogP contribution >= 0.6 is 0 Å². The zero-order chi connectivity index (χ0) is 8.97. The van der Waals surface area contributed by atoms with Crippen LogP contribution in [0.2, 0.25) is 0 Å². The van der Waals surface area contributed by atoms with Gasteiger partial charge in [0.25, 0.3) is 0 Å². The summed E-state index contributed by atoms with van der Waals surface area (Å²) in [5.74, 6) is 0.988. The summed E-state index contributed by atoms with van der Waals surface area (Å²) in [6.07, 6.45) is 7.94. The van der Waals surface area contributed by atoms with Gasteiger partial charge >= 0.3 is 0 Å². The maximum absolute atomic E-state index is 11.3. The molecule has 0 N–H and O–H groups in total. The Balaban J connectivity index is 2.39. The van der Waals surface area contributed by atoms with Crippen molar-refractivity contribution in [3.8, 4) is 0 Å². The summed E-state index contributed by atoms with van der Waals surface area (Å²) in [7, 11) is 0. The highest BCUT2D eigenvalue weighted by atomic mass is 16.1. The first kappa shape index (κ1) is 9.50. The van der Waals surface area contributed by atoms with Crippen molar-refractivity contribution in [3.63, 3.8) is 0 Å². The fourth-order valence-corrected chi connectivity index (χ4v) is 1.71. The van der Waals surface area contributed by atoms with E-state index in [4.69, 9.17) is 0 Å². The zero-order valence-electron chi connectivity index (χ0n) is 7.75. The third-order valence-electron chi connectivity index (χ3n) is 2.54. The van der Waals surface area contributed by atoms with E-state index in [1.54, 1.807) is 0 Å². The first-order chi connectivity index (χ1) is 5.75. The molecule has 0 saturated heterocycles. The smallest absolute Gasteiger partial charge is 0.136 e. The van der Waals surface area contributed by atoms with Crippen LogP contribution in [0.5, 0.6) is 0 Å². The Morgan fingerprint density at radius 1 is 1.58 bits per heavy atom. The Morgan fingerprint density at radius 2 is 2.33 bits per heavy atom. The minimum Gasteiger partial charge on any atom is -0.299 e. The molecule has 0 aliphatic heterocycles. The minimum atomic E-state index is 0.216. The molecular weight excluding hydrogens is 148 g/mol. The van der Waals surface area contributed by atoms with Crippen LogP contribution in [0.1, 0.15) is 32.6 Å². The van der Waals surface area contributed by atoms with Gasteiger partial charge in [-0.3, -0.25) is 4.79 Å². The molecule has 1 radical (unpaired) electrons. The lowest BCUT2D eigenvalue weighted by atomic mass is 9.94. The standard InChI is InChI=1S/C11H17O/c1-3-4-5-6-10-9(2)7-8-11(10)12/h4-5,9-10H,2-3,6-8H2,1H3. The summed E-state index contributed by atoms with van der Waals surface area (Å²) in [5, 5.41) is 0. The lowest BCUT2D eigenvalue weighted by molar-refractivity contribution is -0.120. The summed E-state index contributed by atoms with van der Waals surface area (Å²) in [4.78, 5) is 11.3. The van der Waals surface area contributed by atoms with Crippen molar-refractivity contribution in [3.05, 3.63) is 19.1 Å². The number of rotatable bonds is 3. The lowest BCUT2D eigenvalue weighted by Gasteiger charge is -2.09. The topological polar surface area (TPSA) is 17.1 Å². The van der Waals surface area contributed by atoms with E-state index < -0.39 is 0 Å². The predicted molar refractivity (Wildman–Crippen MR) is 50.6 cm³/mol. The van der Waals surface area contributed by atoms with Crippen molar-refractivity contribution < 1.29 is 4.79 Å². The van der Waals surface area contributed by atoms with Crippen LogP contribution in [0.4, 0.5) is 0 Å². The molecule has 1 heteroatoms. The van der Waals surface area contributed by atoms with Gasteiger partial charge in [-0.1, -0.05) is 19.1 Å². The molecule has 0 amide bonds. The van der Waals surface area contributed by atoms with Gasteiger partial charge in [-0.25, -0.2) is 0 Å². The summed E-state index contributed by atoms with van der Waals surface area (Å²) in [6, 6.07) is 0. The fourth-order valence-electron chi connectivity index (χ4n) is 1.71. The van der Waals surface area contributed by atoms with Gasteiger partial charge in [-0.15, -0.1) is 0 Å². The van der Waals surface area contributed by atoms with Crippen LogP contribution in [0.25, 0.3) is 0 Å². The van der Waals surface area contributed by atoms with Crippen molar-refractivity contribution in [2.45, 2.75) is 32.6 Å². The van der Waals surface area contributed by atoms with E-state index in [2.05, 4.69) is 26.0 Å². The van der Waals surface area contributed by atoms with E-state index in [0.717, 1.165) is 25.7 Å².